The fourth-order valence-electron chi connectivity index (χ4n) is 1.15. The molecule has 1 unspecified atom stereocenters. The van der Waals surface area contributed by atoms with E-state index in [0.717, 1.165) is 13.0 Å². The molecule has 20 heavy (non-hydrogen) atoms. The Kier molecular flexibility index (Phi) is 5.01. The molecule has 0 saturated heterocycles. The zero-order chi connectivity index (χ0) is 15.5. The molecule has 9 heteroatoms. The van der Waals surface area contributed by atoms with E-state index in [1.807, 2.05) is 0 Å². The number of aliphatic hydroxyl groups is 1. The third-order valence-corrected chi connectivity index (χ3v) is 2.92. The number of halogens is 3. The zero-order valence-electron chi connectivity index (χ0n) is 10.2. The summed E-state index contributed by atoms with van der Waals surface area (Å²) < 4.78 is 26.2. The lowest BCUT2D eigenvalue weighted by molar-refractivity contribution is -0.155. The molecule has 0 fully saturated rings. The van der Waals surface area contributed by atoms with E-state index >= 15 is 0 Å². The zero-order valence-corrected chi connectivity index (χ0v) is 11.8. The van der Waals surface area contributed by atoms with Gasteiger partial charge < -0.3 is 20.8 Å². The van der Waals surface area contributed by atoms with Crippen molar-refractivity contribution in [3.8, 4) is 0 Å². The molecule has 0 spiro atoms. The number of rotatable bonds is 4. The van der Waals surface area contributed by atoms with E-state index in [2.05, 4.69) is 26.6 Å². The van der Waals surface area contributed by atoms with Gasteiger partial charge in [-0.05, 0) is 28.9 Å². The second-order valence-electron chi connectivity index (χ2n) is 4.13. The first-order valence-electron chi connectivity index (χ1n) is 5.28. The fraction of sp³-hybridized carbons (Fsp3) is 0.273. The normalized spacial score (nSPS) is 13.4. The van der Waals surface area contributed by atoms with Gasteiger partial charge >= 0.3 is 12.0 Å². The van der Waals surface area contributed by atoms with E-state index in [1.165, 1.54) is 0 Å². The summed E-state index contributed by atoms with van der Waals surface area (Å²) in [6, 6.07) is 0.581. The van der Waals surface area contributed by atoms with Crippen LogP contribution in [0.1, 0.15) is 6.92 Å². The average molecular weight is 353 g/mol. The van der Waals surface area contributed by atoms with Crippen LogP contribution in [-0.2, 0) is 4.79 Å². The lowest BCUT2D eigenvalue weighted by Crippen LogP contribution is -2.47. The van der Waals surface area contributed by atoms with Gasteiger partial charge in [0.05, 0.1) is 12.2 Å². The monoisotopic (exact) mass is 352 g/mol. The standard InChI is InChI=1S/C11H11BrF2N2O4/c1-11(20,9(17)18)4-15-10(19)16-8-6(12)2-5(13)3-7(8)14/h2-3,20H,4H2,1H3,(H,17,18)(H2,15,16,19). The Morgan fingerprint density at radius 1 is 1.40 bits per heavy atom. The van der Waals surface area contributed by atoms with E-state index in [1.54, 1.807) is 0 Å². The molecule has 4 N–H and O–H groups in total. The van der Waals surface area contributed by atoms with Crippen LogP contribution in [0, 0.1) is 11.6 Å². The first-order chi connectivity index (χ1) is 9.13. The van der Waals surface area contributed by atoms with Crippen LogP contribution in [-0.4, -0.2) is 34.4 Å². The van der Waals surface area contributed by atoms with Crippen LogP contribution in [0.2, 0.25) is 0 Å². The molecule has 0 radical (unpaired) electrons. The van der Waals surface area contributed by atoms with Gasteiger partial charge in [-0.15, -0.1) is 0 Å². The number of hydrogen-bond donors (Lipinski definition) is 4. The topological polar surface area (TPSA) is 98.7 Å². The third-order valence-electron chi connectivity index (χ3n) is 2.30. The minimum atomic E-state index is -2.16. The van der Waals surface area contributed by atoms with Gasteiger partial charge in [0.15, 0.2) is 11.4 Å². The van der Waals surface area contributed by atoms with Crippen LogP contribution >= 0.6 is 15.9 Å². The number of benzene rings is 1. The van der Waals surface area contributed by atoms with Crippen molar-refractivity contribution in [1.82, 2.24) is 5.32 Å². The lowest BCUT2D eigenvalue weighted by atomic mass is 10.1. The Balaban J connectivity index is 2.71. The van der Waals surface area contributed by atoms with Crippen LogP contribution in [0.4, 0.5) is 19.3 Å². The van der Waals surface area contributed by atoms with Crippen molar-refractivity contribution in [3.05, 3.63) is 28.2 Å². The molecule has 0 aliphatic carbocycles. The molecule has 1 aromatic rings. The molecule has 1 aromatic carbocycles. The summed E-state index contributed by atoms with van der Waals surface area (Å²) in [5.41, 5.74) is -2.46. The minimum Gasteiger partial charge on any atom is -0.479 e. The van der Waals surface area contributed by atoms with Crippen molar-refractivity contribution < 1.29 is 28.6 Å². The molecule has 0 aliphatic rings. The number of urea groups is 1. The van der Waals surface area contributed by atoms with E-state index in [4.69, 9.17) is 5.11 Å². The average Bonchev–Trinajstić information content (AvgIpc) is 2.31. The second kappa shape index (κ2) is 6.14. The number of carbonyl (C=O) groups is 2. The van der Waals surface area contributed by atoms with E-state index in [0.29, 0.717) is 6.07 Å². The fourth-order valence-corrected chi connectivity index (χ4v) is 1.65. The lowest BCUT2D eigenvalue weighted by Gasteiger charge is -2.18. The molecule has 0 bridgehead atoms. The number of carbonyl (C=O) groups excluding carboxylic acids is 1. The predicted molar refractivity (Wildman–Crippen MR) is 69.3 cm³/mol. The maximum atomic E-state index is 13.4. The van der Waals surface area contributed by atoms with Crippen molar-refractivity contribution >= 4 is 33.6 Å². The van der Waals surface area contributed by atoms with E-state index < -0.39 is 35.8 Å². The van der Waals surface area contributed by atoms with Gasteiger partial charge in [-0.2, -0.15) is 0 Å². The summed E-state index contributed by atoms with van der Waals surface area (Å²) >= 11 is 2.87. The van der Waals surface area contributed by atoms with Crippen LogP contribution in [0.15, 0.2) is 16.6 Å². The summed E-state index contributed by atoms with van der Waals surface area (Å²) in [6.45, 7) is 0.401. The smallest absolute Gasteiger partial charge is 0.337 e. The first-order valence-corrected chi connectivity index (χ1v) is 6.08. The second-order valence-corrected chi connectivity index (χ2v) is 4.99. The molecule has 1 atom stereocenters. The molecule has 6 nitrogen and oxygen atoms in total. The molecule has 110 valence electrons. The van der Waals surface area contributed by atoms with Gasteiger partial charge in [0.25, 0.3) is 0 Å². The summed E-state index contributed by atoms with van der Waals surface area (Å²) in [5.74, 6) is -3.35. The third kappa shape index (κ3) is 4.14. The number of carboxylic acid groups (broad SMARTS) is 1. The maximum Gasteiger partial charge on any atom is 0.337 e. The first kappa shape index (κ1) is 16.3. The van der Waals surface area contributed by atoms with Crippen LogP contribution < -0.4 is 10.6 Å². The number of carboxylic acids is 1. The highest BCUT2D eigenvalue weighted by atomic mass is 79.9. The summed E-state index contributed by atoms with van der Waals surface area (Å²) in [4.78, 5) is 22.1. The van der Waals surface area contributed by atoms with E-state index in [-0.39, 0.29) is 10.2 Å². The minimum absolute atomic E-state index is 0.0184. The molecule has 2 amide bonds. The molecule has 0 aromatic heterocycles. The van der Waals surface area contributed by atoms with Crippen molar-refractivity contribution in [3.63, 3.8) is 0 Å². The summed E-state index contributed by atoms with van der Waals surface area (Å²) in [5, 5.41) is 22.1. The number of hydrogen-bond acceptors (Lipinski definition) is 3. The van der Waals surface area contributed by atoms with Crippen molar-refractivity contribution in [2.45, 2.75) is 12.5 Å². The van der Waals surface area contributed by atoms with Crippen LogP contribution in [0.5, 0.6) is 0 Å². The number of anilines is 1. The van der Waals surface area contributed by atoms with Gasteiger partial charge in [0.2, 0.25) is 0 Å². The van der Waals surface area contributed by atoms with Crippen molar-refractivity contribution in [2.75, 3.05) is 11.9 Å². The highest BCUT2D eigenvalue weighted by molar-refractivity contribution is 9.10. The Morgan fingerprint density at radius 3 is 2.50 bits per heavy atom. The van der Waals surface area contributed by atoms with Crippen molar-refractivity contribution in [2.24, 2.45) is 0 Å². The summed E-state index contributed by atoms with van der Waals surface area (Å²) in [7, 11) is 0. The molecule has 1 rings (SSSR count). The van der Waals surface area contributed by atoms with Gasteiger partial charge in [0.1, 0.15) is 5.82 Å². The SMILES string of the molecule is CC(O)(CNC(=O)Nc1c(F)cc(F)cc1Br)C(=O)O. The van der Waals surface area contributed by atoms with Gasteiger partial charge in [-0.25, -0.2) is 18.4 Å². The largest absolute Gasteiger partial charge is 0.479 e. The number of amides is 2. The molecule has 0 aliphatic heterocycles. The van der Waals surface area contributed by atoms with Crippen molar-refractivity contribution in [1.29, 1.82) is 0 Å². The highest BCUT2D eigenvalue weighted by Crippen LogP contribution is 2.26. The molecule has 0 heterocycles. The van der Waals surface area contributed by atoms with E-state index in [9.17, 15) is 23.5 Å². The Bertz CT molecular complexity index is 528. The van der Waals surface area contributed by atoms with Gasteiger partial charge in [-0.3, -0.25) is 0 Å². The Morgan fingerprint density at radius 2 is 2.00 bits per heavy atom. The molecule has 0 saturated carbocycles. The Hall–Kier alpha value is -1.74. The molecular formula is C11H11BrF2N2O4. The molecular weight excluding hydrogens is 342 g/mol. The quantitative estimate of drug-likeness (QED) is 0.662. The highest BCUT2D eigenvalue weighted by Gasteiger charge is 2.30. The number of aliphatic carboxylic acids is 1. The Labute approximate surface area is 120 Å². The van der Waals surface area contributed by atoms with Crippen LogP contribution in [0.3, 0.4) is 0 Å². The van der Waals surface area contributed by atoms with Gasteiger partial charge in [0, 0.05) is 10.5 Å². The predicted octanol–water partition coefficient (Wildman–Crippen LogP) is 1.68. The maximum absolute atomic E-state index is 13.4. The summed E-state index contributed by atoms with van der Waals surface area (Å²) in [6.07, 6.45) is 0. The van der Waals surface area contributed by atoms with Gasteiger partial charge in [-0.1, -0.05) is 0 Å². The van der Waals surface area contributed by atoms with Crippen LogP contribution in [0.25, 0.3) is 0 Å². The number of nitrogens with one attached hydrogen (secondary N) is 2.